The number of carbonyl (C=O) groups is 1. The SMILES string of the molecule is CN(C)C(=O)c1cc(N2CC[C@H](O)C2)ccn1. The van der Waals surface area contributed by atoms with E-state index in [1.165, 1.54) is 4.90 Å². The third-order valence-electron chi connectivity index (χ3n) is 2.90. The van der Waals surface area contributed by atoms with Gasteiger partial charge in [-0.3, -0.25) is 9.78 Å². The van der Waals surface area contributed by atoms with Crippen LogP contribution < -0.4 is 4.90 Å². The maximum absolute atomic E-state index is 11.8. The second kappa shape index (κ2) is 4.71. The van der Waals surface area contributed by atoms with Gasteiger partial charge in [0.1, 0.15) is 5.69 Å². The molecule has 1 amide bonds. The lowest BCUT2D eigenvalue weighted by molar-refractivity contribution is 0.0822. The van der Waals surface area contributed by atoms with Gasteiger partial charge in [0, 0.05) is 39.1 Å². The van der Waals surface area contributed by atoms with Crippen LogP contribution in [0, 0.1) is 0 Å². The van der Waals surface area contributed by atoms with E-state index in [-0.39, 0.29) is 12.0 Å². The molecular formula is C12H17N3O2. The number of hydrogen-bond donors (Lipinski definition) is 1. The lowest BCUT2D eigenvalue weighted by Gasteiger charge is -2.18. The highest BCUT2D eigenvalue weighted by Gasteiger charge is 2.21. The molecule has 5 nitrogen and oxygen atoms in total. The van der Waals surface area contributed by atoms with Crippen LogP contribution in [0.2, 0.25) is 0 Å². The quantitative estimate of drug-likeness (QED) is 0.804. The molecule has 17 heavy (non-hydrogen) atoms. The standard InChI is InChI=1S/C12H17N3O2/c1-14(2)12(17)11-7-9(3-5-13-11)15-6-4-10(16)8-15/h3,5,7,10,16H,4,6,8H2,1-2H3/t10-/m0/s1. The Labute approximate surface area is 101 Å². The van der Waals surface area contributed by atoms with E-state index in [1.807, 2.05) is 6.07 Å². The molecular weight excluding hydrogens is 218 g/mol. The maximum Gasteiger partial charge on any atom is 0.272 e. The van der Waals surface area contributed by atoms with Gasteiger partial charge in [0.05, 0.1) is 6.10 Å². The van der Waals surface area contributed by atoms with Crippen molar-refractivity contribution in [3.8, 4) is 0 Å². The number of hydrogen-bond acceptors (Lipinski definition) is 4. The minimum Gasteiger partial charge on any atom is -0.391 e. The van der Waals surface area contributed by atoms with Gasteiger partial charge in [-0.15, -0.1) is 0 Å². The lowest BCUT2D eigenvalue weighted by atomic mass is 10.2. The van der Waals surface area contributed by atoms with Crippen LogP contribution in [0.15, 0.2) is 18.3 Å². The summed E-state index contributed by atoms with van der Waals surface area (Å²) in [6, 6.07) is 3.64. The number of amides is 1. The largest absolute Gasteiger partial charge is 0.391 e. The Kier molecular flexibility index (Phi) is 3.28. The van der Waals surface area contributed by atoms with Crippen molar-refractivity contribution in [3.05, 3.63) is 24.0 Å². The summed E-state index contributed by atoms with van der Waals surface area (Å²) in [6.07, 6.45) is 2.15. The zero-order chi connectivity index (χ0) is 12.4. The van der Waals surface area contributed by atoms with Crippen LogP contribution in [0.3, 0.4) is 0 Å². The summed E-state index contributed by atoms with van der Waals surface area (Å²) in [5.74, 6) is -0.105. The molecule has 0 aromatic carbocycles. The predicted octanol–water partition coefficient (Wildman–Crippen LogP) is 0.354. The second-order valence-electron chi connectivity index (χ2n) is 4.49. The minimum atomic E-state index is -0.267. The minimum absolute atomic E-state index is 0.105. The number of nitrogens with zero attached hydrogens (tertiary/aromatic N) is 3. The Hall–Kier alpha value is -1.62. The van der Waals surface area contributed by atoms with E-state index < -0.39 is 0 Å². The molecule has 1 aromatic heterocycles. The molecule has 1 N–H and O–H groups in total. The van der Waals surface area contributed by atoms with Crippen molar-refractivity contribution in [1.82, 2.24) is 9.88 Å². The maximum atomic E-state index is 11.8. The molecule has 0 unspecified atom stereocenters. The Morgan fingerprint density at radius 2 is 2.35 bits per heavy atom. The Morgan fingerprint density at radius 3 is 2.94 bits per heavy atom. The highest BCUT2D eigenvalue weighted by atomic mass is 16.3. The van der Waals surface area contributed by atoms with Gasteiger partial charge in [-0.25, -0.2) is 0 Å². The first-order valence-electron chi connectivity index (χ1n) is 5.68. The number of pyridine rings is 1. The number of β-amino-alcohol motifs (C(OH)–C–C–N with tert-alkyl or cyclic N) is 1. The van der Waals surface area contributed by atoms with E-state index in [9.17, 15) is 9.90 Å². The van der Waals surface area contributed by atoms with Crippen molar-refractivity contribution in [2.75, 3.05) is 32.1 Å². The fraction of sp³-hybridized carbons (Fsp3) is 0.500. The van der Waals surface area contributed by atoms with Crippen molar-refractivity contribution in [3.63, 3.8) is 0 Å². The monoisotopic (exact) mass is 235 g/mol. The Balaban J connectivity index is 2.20. The molecule has 2 rings (SSSR count). The molecule has 0 saturated carbocycles. The smallest absolute Gasteiger partial charge is 0.272 e. The molecule has 1 fully saturated rings. The van der Waals surface area contributed by atoms with Crippen LogP contribution in [0.25, 0.3) is 0 Å². The number of aliphatic hydroxyl groups excluding tert-OH is 1. The highest BCUT2D eigenvalue weighted by Crippen LogP contribution is 2.20. The van der Waals surface area contributed by atoms with Crippen LogP contribution in [0.4, 0.5) is 5.69 Å². The molecule has 0 spiro atoms. The summed E-state index contributed by atoms with van der Waals surface area (Å²) in [4.78, 5) is 19.4. The van der Waals surface area contributed by atoms with E-state index in [0.717, 1.165) is 18.7 Å². The third-order valence-corrected chi connectivity index (χ3v) is 2.90. The summed E-state index contributed by atoms with van der Waals surface area (Å²) < 4.78 is 0. The van der Waals surface area contributed by atoms with Crippen molar-refractivity contribution in [2.24, 2.45) is 0 Å². The average molecular weight is 235 g/mol. The Morgan fingerprint density at radius 1 is 1.59 bits per heavy atom. The van der Waals surface area contributed by atoms with Gasteiger partial charge >= 0.3 is 0 Å². The molecule has 1 atom stereocenters. The first-order chi connectivity index (χ1) is 8.08. The average Bonchev–Trinajstić information content (AvgIpc) is 2.75. The lowest BCUT2D eigenvalue weighted by Crippen LogP contribution is -2.24. The van der Waals surface area contributed by atoms with Gasteiger partial charge < -0.3 is 14.9 Å². The van der Waals surface area contributed by atoms with Crippen molar-refractivity contribution < 1.29 is 9.90 Å². The van der Waals surface area contributed by atoms with Gasteiger partial charge in [0.2, 0.25) is 0 Å². The number of rotatable bonds is 2. The van der Waals surface area contributed by atoms with E-state index >= 15 is 0 Å². The molecule has 1 saturated heterocycles. The molecule has 0 aliphatic carbocycles. The zero-order valence-electron chi connectivity index (χ0n) is 10.1. The van der Waals surface area contributed by atoms with Gasteiger partial charge in [0.25, 0.3) is 5.91 Å². The first kappa shape index (κ1) is 11.9. The van der Waals surface area contributed by atoms with Crippen LogP contribution in [0.5, 0.6) is 0 Å². The van der Waals surface area contributed by atoms with Crippen LogP contribution in [0.1, 0.15) is 16.9 Å². The van der Waals surface area contributed by atoms with Gasteiger partial charge in [-0.05, 0) is 18.6 Å². The van der Waals surface area contributed by atoms with Gasteiger partial charge in [-0.2, -0.15) is 0 Å². The summed E-state index contributed by atoms with van der Waals surface area (Å²) in [6.45, 7) is 1.44. The van der Waals surface area contributed by atoms with Crippen LogP contribution in [-0.4, -0.2) is 54.2 Å². The van der Waals surface area contributed by atoms with E-state index in [4.69, 9.17) is 0 Å². The molecule has 92 valence electrons. The van der Waals surface area contributed by atoms with E-state index in [2.05, 4.69) is 9.88 Å². The fourth-order valence-electron chi connectivity index (χ4n) is 1.94. The van der Waals surface area contributed by atoms with Crippen LogP contribution in [-0.2, 0) is 0 Å². The normalized spacial score (nSPS) is 19.5. The van der Waals surface area contributed by atoms with E-state index in [0.29, 0.717) is 12.2 Å². The number of anilines is 1. The highest BCUT2D eigenvalue weighted by molar-refractivity contribution is 5.92. The number of carbonyl (C=O) groups excluding carboxylic acids is 1. The molecule has 1 aliphatic rings. The second-order valence-corrected chi connectivity index (χ2v) is 4.49. The summed E-state index contributed by atoms with van der Waals surface area (Å²) >= 11 is 0. The fourth-order valence-corrected chi connectivity index (χ4v) is 1.94. The van der Waals surface area contributed by atoms with Crippen molar-refractivity contribution >= 4 is 11.6 Å². The Bertz CT molecular complexity index is 420. The van der Waals surface area contributed by atoms with Crippen LogP contribution >= 0.6 is 0 Å². The van der Waals surface area contributed by atoms with Crippen molar-refractivity contribution in [2.45, 2.75) is 12.5 Å². The molecule has 0 radical (unpaired) electrons. The summed E-state index contributed by atoms with van der Waals surface area (Å²) in [5, 5.41) is 9.50. The third kappa shape index (κ3) is 2.55. The summed E-state index contributed by atoms with van der Waals surface area (Å²) in [7, 11) is 3.41. The van der Waals surface area contributed by atoms with Gasteiger partial charge in [-0.1, -0.05) is 0 Å². The van der Waals surface area contributed by atoms with Crippen molar-refractivity contribution in [1.29, 1.82) is 0 Å². The molecule has 5 heteroatoms. The molecule has 2 heterocycles. The zero-order valence-corrected chi connectivity index (χ0v) is 10.1. The topological polar surface area (TPSA) is 56.7 Å². The predicted molar refractivity (Wildman–Crippen MR) is 65.1 cm³/mol. The van der Waals surface area contributed by atoms with E-state index in [1.54, 1.807) is 26.4 Å². The first-order valence-corrected chi connectivity index (χ1v) is 5.68. The van der Waals surface area contributed by atoms with Gasteiger partial charge in [0.15, 0.2) is 0 Å². The number of aliphatic hydroxyl groups is 1. The molecule has 1 aromatic rings. The summed E-state index contributed by atoms with van der Waals surface area (Å²) in [5.41, 5.74) is 1.38. The molecule has 1 aliphatic heterocycles. The number of aromatic nitrogens is 1. The molecule has 0 bridgehead atoms.